The van der Waals surface area contributed by atoms with Crippen molar-refractivity contribution < 1.29 is 4.79 Å². The second kappa shape index (κ2) is 4.49. The zero-order valence-electron chi connectivity index (χ0n) is 5.68. The first-order chi connectivity index (χ1) is 4.16. The zero-order valence-corrected chi connectivity index (χ0v) is 6.49. The van der Waals surface area contributed by atoms with Gasteiger partial charge >= 0.3 is 6.03 Å². The number of amides is 2. The summed E-state index contributed by atoms with van der Waals surface area (Å²) in [5.74, 6) is 0. The summed E-state index contributed by atoms with van der Waals surface area (Å²) in [6.07, 6.45) is 1.03. The van der Waals surface area contributed by atoms with E-state index in [1.165, 1.54) is 11.9 Å². The Labute approximate surface area is 59.5 Å². The third-order valence-corrected chi connectivity index (χ3v) is 1.99. The highest BCUT2D eigenvalue weighted by molar-refractivity contribution is 7.98. The lowest BCUT2D eigenvalue weighted by Gasteiger charge is -2.05. The van der Waals surface area contributed by atoms with Crippen LogP contribution in [0.15, 0.2) is 0 Å². The van der Waals surface area contributed by atoms with Crippen LogP contribution in [0, 0.1) is 0 Å². The molecule has 54 valence electrons. The Morgan fingerprint density at radius 2 is 2.44 bits per heavy atom. The Bertz CT molecular complexity index is 97.0. The van der Waals surface area contributed by atoms with Crippen molar-refractivity contribution in [2.24, 2.45) is 5.73 Å². The van der Waals surface area contributed by atoms with Crippen LogP contribution in [0.2, 0.25) is 0 Å². The standard InChI is InChI=1S/C5H12N2OS/c1-3-4(2)9-7-5(6)8/h4H,3H2,1-2H3,(H3,6,7,8)/t4-/m0/s1. The Morgan fingerprint density at radius 3 is 2.78 bits per heavy atom. The molecule has 3 nitrogen and oxygen atoms in total. The number of carbonyl (C=O) groups is 1. The van der Waals surface area contributed by atoms with Crippen LogP contribution in [0.25, 0.3) is 0 Å². The fourth-order valence-corrected chi connectivity index (χ4v) is 0.726. The van der Waals surface area contributed by atoms with Crippen LogP contribution in [-0.2, 0) is 0 Å². The summed E-state index contributed by atoms with van der Waals surface area (Å²) >= 11 is 1.36. The molecule has 0 saturated heterocycles. The van der Waals surface area contributed by atoms with Gasteiger partial charge in [0, 0.05) is 5.25 Å². The van der Waals surface area contributed by atoms with Crippen molar-refractivity contribution in [3.63, 3.8) is 0 Å². The number of carbonyl (C=O) groups excluding carboxylic acids is 1. The van der Waals surface area contributed by atoms with Crippen molar-refractivity contribution >= 4 is 18.0 Å². The normalized spacial score (nSPS) is 12.7. The summed E-state index contributed by atoms with van der Waals surface area (Å²) in [7, 11) is 0. The van der Waals surface area contributed by atoms with Gasteiger partial charge in [-0.1, -0.05) is 13.8 Å². The molecule has 0 unspecified atom stereocenters. The third-order valence-electron chi connectivity index (χ3n) is 0.936. The second-order valence-corrected chi connectivity index (χ2v) is 3.05. The maximum absolute atomic E-state index is 10.1. The molecule has 0 radical (unpaired) electrons. The fraction of sp³-hybridized carbons (Fsp3) is 0.800. The summed E-state index contributed by atoms with van der Waals surface area (Å²) in [4.78, 5) is 10.1. The molecule has 1 atom stereocenters. The Kier molecular flexibility index (Phi) is 4.30. The monoisotopic (exact) mass is 148 g/mol. The van der Waals surface area contributed by atoms with Gasteiger partial charge in [-0.2, -0.15) is 0 Å². The lowest BCUT2D eigenvalue weighted by Crippen LogP contribution is -2.24. The number of nitrogens with two attached hydrogens (primary N) is 1. The summed E-state index contributed by atoms with van der Waals surface area (Å²) in [5, 5.41) is 0.442. The van der Waals surface area contributed by atoms with Crippen molar-refractivity contribution in [3.05, 3.63) is 0 Å². The fourth-order valence-electron chi connectivity index (χ4n) is 0.242. The number of urea groups is 1. The molecule has 0 aromatic heterocycles. The number of hydrogen-bond donors (Lipinski definition) is 2. The van der Waals surface area contributed by atoms with Crippen LogP contribution in [0.5, 0.6) is 0 Å². The van der Waals surface area contributed by atoms with Crippen LogP contribution in [0.3, 0.4) is 0 Å². The number of primary amides is 1. The van der Waals surface area contributed by atoms with E-state index in [1.54, 1.807) is 0 Å². The van der Waals surface area contributed by atoms with Gasteiger partial charge in [0.25, 0.3) is 0 Å². The highest BCUT2D eigenvalue weighted by atomic mass is 32.2. The molecule has 0 fully saturated rings. The van der Waals surface area contributed by atoms with E-state index in [9.17, 15) is 4.79 Å². The van der Waals surface area contributed by atoms with E-state index in [2.05, 4.69) is 11.6 Å². The Morgan fingerprint density at radius 1 is 1.89 bits per heavy atom. The molecule has 0 aliphatic carbocycles. The number of hydrogen-bond acceptors (Lipinski definition) is 2. The molecule has 0 aliphatic rings. The predicted octanol–water partition coefficient (Wildman–Crippen LogP) is 1.10. The molecule has 0 spiro atoms. The quantitative estimate of drug-likeness (QED) is 0.589. The van der Waals surface area contributed by atoms with Gasteiger partial charge in [0.05, 0.1) is 0 Å². The molecule has 0 aromatic carbocycles. The smallest absolute Gasteiger partial charge is 0.322 e. The van der Waals surface area contributed by atoms with Crippen molar-refractivity contribution in [1.82, 2.24) is 4.72 Å². The maximum atomic E-state index is 10.1. The Balaban J connectivity index is 3.16. The van der Waals surface area contributed by atoms with E-state index < -0.39 is 6.03 Å². The molecule has 0 rings (SSSR count). The number of rotatable bonds is 3. The van der Waals surface area contributed by atoms with Crippen molar-refractivity contribution in [2.75, 3.05) is 0 Å². The molecule has 4 heteroatoms. The third kappa shape index (κ3) is 5.49. The molecule has 0 saturated carbocycles. The largest absolute Gasteiger partial charge is 0.351 e. The van der Waals surface area contributed by atoms with Gasteiger partial charge in [-0.15, -0.1) is 0 Å². The van der Waals surface area contributed by atoms with Crippen LogP contribution >= 0.6 is 11.9 Å². The van der Waals surface area contributed by atoms with Gasteiger partial charge in [0.2, 0.25) is 0 Å². The Hall–Kier alpha value is -0.380. The minimum absolute atomic E-state index is 0.442. The lowest BCUT2D eigenvalue weighted by molar-refractivity contribution is 0.254. The predicted molar refractivity (Wildman–Crippen MR) is 40.1 cm³/mol. The van der Waals surface area contributed by atoms with Crippen molar-refractivity contribution in [3.8, 4) is 0 Å². The molecule has 2 amide bonds. The SMILES string of the molecule is CC[C@H](C)SNC(N)=O. The number of nitrogens with one attached hydrogen (secondary N) is 1. The highest BCUT2D eigenvalue weighted by Gasteiger charge is 1.98. The van der Waals surface area contributed by atoms with Gasteiger partial charge < -0.3 is 5.73 Å². The molecule has 0 aliphatic heterocycles. The van der Waals surface area contributed by atoms with Gasteiger partial charge in [-0.05, 0) is 18.4 Å². The van der Waals surface area contributed by atoms with Gasteiger partial charge in [0.1, 0.15) is 0 Å². The van der Waals surface area contributed by atoms with Crippen molar-refractivity contribution in [2.45, 2.75) is 25.5 Å². The zero-order chi connectivity index (χ0) is 7.28. The lowest BCUT2D eigenvalue weighted by atomic mass is 10.4. The van der Waals surface area contributed by atoms with Crippen LogP contribution in [-0.4, -0.2) is 11.3 Å². The molecule has 0 aromatic rings. The first kappa shape index (κ1) is 8.62. The topological polar surface area (TPSA) is 55.1 Å². The minimum Gasteiger partial charge on any atom is -0.351 e. The average molecular weight is 148 g/mol. The van der Waals surface area contributed by atoms with E-state index in [1.807, 2.05) is 6.92 Å². The average Bonchev–Trinajstić information content (AvgIpc) is 1.83. The van der Waals surface area contributed by atoms with E-state index in [0.29, 0.717) is 5.25 Å². The molecule has 0 bridgehead atoms. The summed E-state index contributed by atoms with van der Waals surface area (Å²) in [5.41, 5.74) is 4.82. The summed E-state index contributed by atoms with van der Waals surface area (Å²) in [6, 6.07) is -0.472. The van der Waals surface area contributed by atoms with E-state index >= 15 is 0 Å². The molecule has 3 N–H and O–H groups in total. The van der Waals surface area contributed by atoms with Gasteiger partial charge in [0.15, 0.2) is 0 Å². The van der Waals surface area contributed by atoms with Crippen LogP contribution in [0.1, 0.15) is 20.3 Å². The van der Waals surface area contributed by atoms with E-state index in [4.69, 9.17) is 5.73 Å². The first-order valence-electron chi connectivity index (χ1n) is 2.88. The molecule has 0 heterocycles. The summed E-state index contributed by atoms with van der Waals surface area (Å²) in [6.45, 7) is 4.08. The highest BCUT2D eigenvalue weighted by Crippen LogP contribution is 2.07. The molecule has 9 heavy (non-hydrogen) atoms. The van der Waals surface area contributed by atoms with Crippen LogP contribution in [0.4, 0.5) is 4.79 Å². The van der Waals surface area contributed by atoms with E-state index in [0.717, 1.165) is 6.42 Å². The molecular weight excluding hydrogens is 136 g/mol. The van der Waals surface area contributed by atoms with Gasteiger partial charge in [-0.3, -0.25) is 4.72 Å². The first-order valence-corrected chi connectivity index (χ1v) is 3.75. The summed E-state index contributed by atoms with van der Waals surface area (Å²) < 4.78 is 2.45. The minimum atomic E-state index is -0.472. The van der Waals surface area contributed by atoms with Crippen molar-refractivity contribution in [1.29, 1.82) is 0 Å². The maximum Gasteiger partial charge on any atom is 0.322 e. The van der Waals surface area contributed by atoms with E-state index in [-0.39, 0.29) is 0 Å². The van der Waals surface area contributed by atoms with Crippen LogP contribution < -0.4 is 10.5 Å². The second-order valence-electron chi connectivity index (χ2n) is 1.80. The van der Waals surface area contributed by atoms with Gasteiger partial charge in [-0.25, -0.2) is 4.79 Å². The molecular formula is C5H12N2OS.